The minimum atomic E-state index is -1.27. The summed E-state index contributed by atoms with van der Waals surface area (Å²) in [4.78, 5) is 25.3. The van der Waals surface area contributed by atoms with Crippen molar-refractivity contribution in [3.63, 3.8) is 0 Å². The van der Waals surface area contributed by atoms with Crippen LogP contribution in [-0.2, 0) is 10.2 Å². The number of anilines is 1. The van der Waals surface area contributed by atoms with Crippen molar-refractivity contribution in [1.29, 1.82) is 0 Å². The SMILES string of the molecule is CC(C)(C)c1ccc(C(=O)Nc2ncnc3c2ncn3[C@@H]2O[C@H](CO)[C@@H](O)[C@H]2O)cc1. The normalized spacial score (nSPS) is 23.9. The summed E-state index contributed by atoms with van der Waals surface area (Å²) >= 11 is 0. The van der Waals surface area contributed by atoms with Crippen molar-refractivity contribution in [1.82, 2.24) is 19.5 Å². The van der Waals surface area contributed by atoms with E-state index in [9.17, 15) is 20.1 Å². The third-order valence-corrected chi connectivity index (χ3v) is 5.40. The number of hydrogen-bond donors (Lipinski definition) is 4. The molecule has 0 unspecified atom stereocenters. The summed E-state index contributed by atoms with van der Waals surface area (Å²) in [5.41, 5.74) is 2.19. The van der Waals surface area contributed by atoms with Crippen LogP contribution in [0.1, 0.15) is 42.9 Å². The Morgan fingerprint density at radius 2 is 1.84 bits per heavy atom. The topological polar surface area (TPSA) is 143 Å². The molecule has 4 atom stereocenters. The molecule has 10 heteroatoms. The fourth-order valence-corrected chi connectivity index (χ4v) is 3.54. The number of ether oxygens (including phenoxy) is 1. The van der Waals surface area contributed by atoms with Gasteiger partial charge >= 0.3 is 0 Å². The van der Waals surface area contributed by atoms with Crippen molar-refractivity contribution in [3.05, 3.63) is 48.0 Å². The van der Waals surface area contributed by atoms with Gasteiger partial charge in [-0.2, -0.15) is 0 Å². The number of rotatable bonds is 4. The lowest BCUT2D eigenvalue weighted by Crippen LogP contribution is -2.33. The van der Waals surface area contributed by atoms with Crippen LogP contribution < -0.4 is 5.32 Å². The molecule has 0 bridgehead atoms. The van der Waals surface area contributed by atoms with Gasteiger partial charge in [-0.3, -0.25) is 9.36 Å². The number of hydrogen-bond acceptors (Lipinski definition) is 8. The van der Waals surface area contributed by atoms with Gasteiger partial charge in [0.2, 0.25) is 0 Å². The van der Waals surface area contributed by atoms with Crippen molar-refractivity contribution in [2.45, 2.75) is 50.7 Å². The third kappa shape index (κ3) is 3.90. The van der Waals surface area contributed by atoms with Gasteiger partial charge in [-0.1, -0.05) is 32.9 Å². The number of benzene rings is 1. The smallest absolute Gasteiger partial charge is 0.256 e. The minimum absolute atomic E-state index is 0.0177. The molecule has 0 spiro atoms. The Balaban J connectivity index is 1.59. The van der Waals surface area contributed by atoms with Gasteiger partial charge in [0.15, 0.2) is 23.2 Å². The molecule has 164 valence electrons. The van der Waals surface area contributed by atoms with Crippen LogP contribution in [0.2, 0.25) is 0 Å². The lowest BCUT2D eigenvalue weighted by atomic mass is 9.87. The highest BCUT2D eigenvalue weighted by Gasteiger charge is 2.44. The van der Waals surface area contributed by atoms with Gasteiger partial charge in [0.25, 0.3) is 5.91 Å². The molecule has 1 aromatic carbocycles. The summed E-state index contributed by atoms with van der Waals surface area (Å²) in [7, 11) is 0. The number of imidazole rings is 1. The molecule has 3 aromatic rings. The Hall–Kier alpha value is -2.92. The number of fused-ring (bicyclic) bond motifs is 1. The molecule has 1 saturated heterocycles. The molecule has 31 heavy (non-hydrogen) atoms. The summed E-state index contributed by atoms with van der Waals surface area (Å²) in [6.07, 6.45) is -1.78. The zero-order valence-electron chi connectivity index (χ0n) is 17.4. The zero-order chi connectivity index (χ0) is 22.3. The van der Waals surface area contributed by atoms with Crippen molar-refractivity contribution in [2.24, 2.45) is 0 Å². The first-order valence-corrected chi connectivity index (χ1v) is 9.92. The van der Waals surface area contributed by atoms with Crippen molar-refractivity contribution >= 4 is 22.9 Å². The lowest BCUT2D eigenvalue weighted by molar-refractivity contribution is -0.0511. The molecule has 1 amide bonds. The molecule has 4 N–H and O–H groups in total. The highest BCUT2D eigenvalue weighted by molar-refractivity contribution is 6.06. The Kier molecular flexibility index (Phi) is 5.48. The van der Waals surface area contributed by atoms with Crippen LogP contribution in [0.25, 0.3) is 11.2 Å². The van der Waals surface area contributed by atoms with Gasteiger partial charge in [-0.05, 0) is 23.1 Å². The highest BCUT2D eigenvalue weighted by Crippen LogP contribution is 2.32. The van der Waals surface area contributed by atoms with Gasteiger partial charge < -0.3 is 25.4 Å². The quantitative estimate of drug-likeness (QED) is 0.483. The first-order chi connectivity index (χ1) is 14.7. The first kappa shape index (κ1) is 21.3. The standard InChI is InChI=1S/C21H25N5O5/c1-21(2,3)12-6-4-11(5-7-12)19(30)25-17-14-18(23-9-22-17)26(10-24-14)20-16(29)15(28)13(8-27)31-20/h4-7,9-10,13,15-16,20,27-29H,8H2,1-3H3,(H,22,23,25,30)/t13-,15-,16-,20-/m1/s1. The van der Waals surface area contributed by atoms with E-state index in [0.717, 1.165) is 5.56 Å². The molecule has 0 radical (unpaired) electrons. The Morgan fingerprint density at radius 3 is 2.45 bits per heavy atom. The highest BCUT2D eigenvalue weighted by atomic mass is 16.6. The first-order valence-electron chi connectivity index (χ1n) is 9.92. The van der Waals surface area contributed by atoms with Crippen LogP contribution in [0.15, 0.2) is 36.9 Å². The molecule has 3 heterocycles. The van der Waals surface area contributed by atoms with Crippen LogP contribution in [-0.4, -0.2) is 65.7 Å². The number of carbonyl (C=O) groups is 1. The second-order valence-corrected chi connectivity index (χ2v) is 8.56. The van der Waals surface area contributed by atoms with E-state index in [0.29, 0.717) is 16.7 Å². The molecule has 0 saturated carbocycles. The maximum absolute atomic E-state index is 12.7. The molecule has 1 aliphatic heterocycles. The summed E-state index contributed by atoms with van der Waals surface area (Å²) in [5, 5.41) is 32.3. The van der Waals surface area contributed by atoms with Gasteiger partial charge in [0.05, 0.1) is 12.9 Å². The number of carbonyl (C=O) groups excluding carboxylic acids is 1. The third-order valence-electron chi connectivity index (χ3n) is 5.40. The Bertz CT molecular complexity index is 1090. The number of aromatic nitrogens is 4. The van der Waals surface area contributed by atoms with Crippen molar-refractivity contribution in [2.75, 3.05) is 11.9 Å². The average molecular weight is 427 g/mol. The van der Waals surface area contributed by atoms with E-state index in [1.807, 2.05) is 12.1 Å². The molecule has 1 fully saturated rings. The van der Waals surface area contributed by atoms with E-state index in [4.69, 9.17) is 4.74 Å². The summed E-state index contributed by atoms with van der Waals surface area (Å²) in [5.74, 6) is -0.136. The van der Waals surface area contributed by atoms with Crippen LogP contribution in [0.4, 0.5) is 5.82 Å². The maximum Gasteiger partial charge on any atom is 0.256 e. The fourth-order valence-electron chi connectivity index (χ4n) is 3.54. The minimum Gasteiger partial charge on any atom is -0.394 e. The van der Waals surface area contributed by atoms with Crippen LogP contribution in [0.3, 0.4) is 0 Å². The number of nitrogens with one attached hydrogen (secondary N) is 1. The molecule has 4 rings (SSSR count). The van der Waals surface area contributed by atoms with Gasteiger partial charge in [0, 0.05) is 5.56 Å². The molecular weight excluding hydrogens is 402 g/mol. The molecule has 0 aliphatic carbocycles. The molecular formula is C21H25N5O5. The predicted molar refractivity (Wildman–Crippen MR) is 111 cm³/mol. The van der Waals surface area contributed by atoms with Crippen molar-refractivity contribution in [3.8, 4) is 0 Å². The van der Waals surface area contributed by atoms with E-state index in [2.05, 4.69) is 41.0 Å². The molecule has 2 aromatic heterocycles. The molecule has 1 aliphatic rings. The number of nitrogens with zero attached hydrogens (tertiary/aromatic N) is 4. The Labute approximate surface area is 178 Å². The summed E-state index contributed by atoms with van der Waals surface area (Å²) < 4.78 is 6.98. The van der Waals surface area contributed by atoms with Crippen LogP contribution >= 0.6 is 0 Å². The maximum atomic E-state index is 12.7. The summed E-state index contributed by atoms with van der Waals surface area (Å²) in [6, 6.07) is 7.35. The van der Waals surface area contributed by atoms with Crippen LogP contribution in [0, 0.1) is 0 Å². The van der Waals surface area contributed by atoms with E-state index in [1.54, 1.807) is 12.1 Å². The summed E-state index contributed by atoms with van der Waals surface area (Å²) in [6.45, 7) is 5.86. The fraction of sp³-hybridized carbons (Fsp3) is 0.429. The zero-order valence-corrected chi connectivity index (χ0v) is 17.4. The lowest BCUT2D eigenvalue weighted by Gasteiger charge is -2.19. The second-order valence-electron chi connectivity index (χ2n) is 8.56. The molecule has 10 nitrogen and oxygen atoms in total. The van der Waals surface area contributed by atoms with E-state index in [1.165, 1.54) is 17.2 Å². The van der Waals surface area contributed by atoms with E-state index < -0.39 is 31.1 Å². The van der Waals surface area contributed by atoms with Crippen molar-refractivity contribution < 1.29 is 24.9 Å². The largest absolute Gasteiger partial charge is 0.394 e. The van der Waals surface area contributed by atoms with Gasteiger partial charge in [-0.25, -0.2) is 15.0 Å². The second kappa shape index (κ2) is 7.97. The predicted octanol–water partition coefficient (Wildman–Crippen LogP) is 0.988. The number of amides is 1. The number of aliphatic hydroxyl groups is 3. The number of aliphatic hydroxyl groups excluding tert-OH is 3. The monoisotopic (exact) mass is 427 g/mol. The average Bonchev–Trinajstić information content (AvgIpc) is 3.29. The van der Waals surface area contributed by atoms with Crippen LogP contribution in [0.5, 0.6) is 0 Å². The van der Waals surface area contributed by atoms with Gasteiger partial charge in [0.1, 0.15) is 24.6 Å². The Morgan fingerprint density at radius 1 is 1.13 bits per heavy atom. The van der Waals surface area contributed by atoms with E-state index >= 15 is 0 Å². The van der Waals surface area contributed by atoms with E-state index in [-0.39, 0.29) is 17.1 Å². The van der Waals surface area contributed by atoms with Gasteiger partial charge in [-0.15, -0.1) is 0 Å².